The van der Waals surface area contributed by atoms with Gasteiger partial charge in [-0.15, -0.1) is 0 Å². The molecule has 2 atom stereocenters. The van der Waals surface area contributed by atoms with Crippen LogP contribution in [0.3, 0.4) is 0 Å². The Morgan fingerprint density at radius 1 is 1.33 bits per heavy atom. The van der Waals surface area contributed by atoms with E-state index in [1.165, 1.54) is 7.11 Å². The van der Waals surface area contributed by atoms with Crippen LogP contribution in [0.2, 0.25) is 0 Å². The third-order valence-corrected chi connectivity index (χ3v) is 3.99. The van der Waals surface area contributed by atoms with Gasteiger partial charge >= 0.3 is 5.97 Å². The van der Waals surface area contributed by atoms with E-state index in [4.69, 9.17) is 14.2 Å². The zero-order chi connectivity index (χ0) is 15.2. The van der Waals surface area contributed by atoms with E-state index in [1.54, 1.807) is 7.11 Å². The predicted molar refractivity (Wildman–Crippen MR) is 79.6 cm³/mol. The maximum absolute atomic E-state index is 12.0. The second-order valence-electron chi connectivity index (χ2n) is 5.40. The van der Waals surface area contributed by atoms with E-state index in [1.807, 2.05) is 24.3 Å². The summed E-state index contributed by atoms with van der Waals surface area (Å²) in [6.07, 6.45) is 0.992. The molecule has 0 N–H and O–H groups in total. The van der Waals surface area contributed by atoms with Gasteiger partial charge in [0, 0.05) is 6.54 Å². The molecule has 0 spiro atoms. The highest BCUT2D eigenvalue weighted by Gasteiger charge is 2.34. The van der Waals surface area contributed by atoms with E-state index in [-0.39, 0.29) is 17.8 Å². The van der Waals surface area contributed by atoms with Crippen molar-refractivity contribution in [3.8, 4) is 11.5 Å². The molecule has 116 valence electrons. The van der Waals surface area contributed by atoms with Crippen molar-refractivity contribution in [2.24, 2.45) is 11.8 Å². The molecule has 5 nitrogen and oxygen atoms in total. The molecule has 1 heterocycles. The Hall–Kier alpha value is -1.75. The molecule has 0 radical (unpaired) electrons. The highest BCUT2D eigenvalue weighted by atomic mass is 16.5. The molecule has 2 unspecified atom stereocenters. The van der Waals surface area contributed by atoms with Gasteiger partial charge in [0.15, 0.2) is 11.5 Å². The minimum absolute atomic E-state index is 0.204. The monoisotopic (exact) mass is 293 g/mol. The summed E-state index contributed by atoms with van der Waals surface area (Å²) in [5.41, 5.74) is 0. The Kier molecular flexibility index (Phi) is 5.44. The number of hydrogen-bond donors (Lipinski definition) is 0. The molecule has 0 saturated carbocycles. The second-order valence-corrected chi connectivity index (χ2v) is 5.40. The van der Waals surface area contributed by atoms with Crippen LogP contribution in [0.15, 0.2) is 24.3 Å². The van der Waals surface area contributed by atoms with Gasteiger partial charge in [-0.2, -0.15) is 0 Å². The first-order valence-electron chi connectivity index (χ1n) is 7.18. The van der Waals surface area contributed by atoms with E-state index in [2.05, 4.69) is 11.9 Å². The Morgan fingerprint density at radius 2 is 2.05 bits per heavy atom. The molecule has 5 heteroatoms. The maximum Gasteiger partial charge on any atom is 0.312 e. The lowest BCUT2D eigenvalue weighted by molar-refractivity contribution is -0.148. The standard InChI is InChI=1S/C16H23NO4/c1-17-9-8-12(10-17)13(16(18)20-3)11-21-15-7-5-4-6-14(15)19-2/h4-7,12-13H,8-11H2,1-3H3. The molecule has 1 saturated heterocycles. The van der Waals surface area contributed by atoms with Gasteiger partial charge in [0.25, 0.3) is 0 Å². The van der Waals surface area contributed by atoms with E-state index in [0.29, 0.717) is 18.1 Å². The van der Waals surface area contributed by atoms with Gasteiger partial charge in [0.1, 0.15) is 6.61 Å². The fourth-order valence-corrected chi connectivity index (χ4v) is 2.76. The molecule has 1 aromatic rings. The number of para-hydroxylation sites is 2. The number of benzene rings is 1. The van der Waals surface area contributed by atoms with Crippen LogP contribution in [0.25, 0.3) is 0 Å². The number of carbonyl (C=O) groups is 1. The number of hydrogen-bond acceptors (Lipinski definition) is 5. The molecule has 1 aliphatic rings. The SMILES string of the molecule is COC(=O)C(COc1ccccc1OC)C1CCN(C)C1. The third-order valence-electron chi connectivity index (χ3n) is 3.99. The van der Waals surface area contributed by atoms with Gasteiger partial charge in [-0.05, 0) is 38.1 Å². The van der Waals surface area contributed by atoms with Crippen LogP contribution in [0.4, 0.5) is 0 Å². The Labute approximate surface area is 125 Å². The van der Waals surface area contributed by atoms with Crippen molar-refractivity contribution in [1.29, 1.82) is 0 Å². The summed E-state index contributed by atoms with van der Waals surface area (Å²) >= 11 is 0. The van der Waals surface area contributed by atoms with Crippen LogP contribution in [-0.4, -0.2) is 51.8 Å². The highest BCUT2D eigenvalue weighted by Crippen LogP contribution is 2.29. The first-order valence-corrected chi connectivity index (χ1v) is 7.18. The number of ether oxygens (including phenoxy) is 3. The van der Waals surface area contributed by atoms with E-state index in [9.17, 15) is 4.79 Å². The summed E-state index contributed by atoms with van der Waals surface area (Å²) in [7, 11) is 5.10. The summed E-state index contributed by atoms with van der Waals surface area (Å²) in [6, 6.07) is 7.45. The largest absolute Gasteiger partial charge is 0.493 e. The van der Waals surface area contributed by atoms with E-state index in [0.717, 1.165) is 19.5 Å². The van der Waals surface area contributed by atoms with E-state index >= 15 is 0 Å². The lowest BCUT2D eigenvalue weighted by atomic mass is 9.92. The van der Waals surface area contributed by atoms with Gasteiger partial charge in [-0.25, -0.2) is 0 Å². The first kappa shape index (κ1) is 15.6. The number of methoxy groups -OCH3 is 2. The van der Waals surface area contributed by atoms with Crippen LogP contribution in [0.5, 0.6) is 11.5 Å². The van der Waals surface area contributed by atoms with Gasteiger partial charge in [0.2, 0.25) is 0 Å². The van der Waals surface area contributed by atoms with Gasteiger partial charge < -0.3 is 19.1 Å². The van der Waals surface area contributed by atoms with Gasteiger partial charge in [-0.1, -0.05) is 12.1 Å². The lowest BCUT2D eigenvalue weighted by Gasteiger charge is -2.22. The van der Waals surface area contributed by atoms with Gasteiger partial charge in [-0.3, -0.25) is 4.79 Å². The number of esters is 1. The normalized spacial score (nSPS) is 20.0. The minimum atomic E-state index is -0.245. The van der Waals surface area contributed by atoms with Crippen molar-refractivity contribution < 1.29 is 19.0 Å². The molecule has 2 rings (SSSR count). The Morgan fingerprint density at radius 3 is 2.62 bits per heavy atom. The van der Waals surface area contributed by atoms with E-state index < -0.39 is 0 Å². The van der Waals surface area contributed by atoms with Crippen molar-refractivity contribution in [2.75, 3.05) is 41.0 Å². The summed E-state index contributed by atoms with van der Waals surface area (Å²) in [5, 5.41) is 0. The quantitative estimate of drug-likeness (QED) is 0.749. The zero-order valence-corrected chi connectivity index (χ0v) is 12.9. The van der Waals surface area contributed by atoms with Crippen molar-refractivity contribution in [3.05, 3.63) is 24.3 Å². The first-order chi connectivity index (χ1) is 10.2. The molecular formula is C16H23NO4. The lowest BCUT2D eigenvalue weighted by Crippen LogP contribution is -2.32. The molecule has 0 amide bonds. The summed E-state index contributed by atoms with van der Waals surface area (Å²) in [6.45, 7) is 2.22. The number of carbonyl (C=O) groups excluding carboxylic acids is 1. The third kappa shape index (κ3) is 3.88. The average molecular weight is 293 g/mol. The highest BCUT2D eigenvalue weighted by molar-refractivity contribution is 5.73. The Bertz CT molecular complexity index is 477. The fraction of sp³-hybridized carbons (Fsp3) is 0.562. The van der Waals surface area contributed by atoms with Crippen LogP contribution in [0.1, 0.15) is 6.42 Å². The molecule has 0 bridgehead atoms. The molecule has 0 aromatic heterocycles. The van der Waals surface area contributed by atoms with Crippen molar-refractivity contribution in [1.82, 2.24) is 4.90 Å². The maximum atomic E-state index is 12.0. The van der Waals surface area contributed by atoms with Crippen LogP contribution in [0, 0.1) is 11.8 Å². The topological polar surface area (TPSA) is 48.0 Å². The summed E-state index contributed by atoms with van der Waals surface area (Å²) in [5.74, 6) is 1.15. The molecule has 1 fully saturated rings. The zero-order valence-electron chi connectivity index (χ0n) is 12.9. The van der Waals surface area contributed by atoms with Crippen molar-refractivity contribution >= 4 is 5.97 Å². The second kappa shape index (κ2) is 7.31. The molecule has 1 aliphatic heterocycles. The van der Waals surface area contributed by atoms with Gasteiger partial charge in [0.05, 0.1) is 20.1 Å². The molecule has 21 heavy (non-hydrogen) atoms. The number of nitrogens with zero attached hydrogens (tertiary/aromatic N) is 1. The smallest absolute Gasteiger partial charge is 0.312 e. The Balaban J connectivity index is 2.03. The average Bonchev–Trinajstić information content (AvgIpc) is 2.93. The van der Waals surface area contributed by atoms with Crippen molar-refractivity contribution in [2.45, 2.75) is 6.42 Å². The fourth-order valence-electron chi connectivity index (χ4n) is 2.76. The molecular weight excluding hydrogens is 270 g/mol. The van der Waals surface area contributed by atoms with Crippen LogP contribution < -0.4 is 9.47 Å². The minimum Gasteiger partial charge on any atom is -0.493 e. The van der Waals surface area contributed by atoms with Crippen molar-refractivity contribution in [3.63, 3.8) is 0 Å². The summed E-state index contributed by atoms with van der Waals surface area (Å²) < 4.78 is 16.0. The number of rotatable bonds is 6. The number of likely N-dealkylation sites (tertiary alicyclic amines) is 1. The van der Waals surface area contributed by atoms with Crippen LogP contribution >= 0.6 is 0 Å². The summed E-state index contributed by atoms with van der Waals surface area (Å²) in [4.78, 5) is 14.3. The van der Waals surface area contributed by atoms with Crippen LogP contribution in [-0.2, 0) is 9.53 Å². The predicted octanol–water partition coefficient (Wildman–Crippen LogP) is 1.81. The molecule has 1 aromatic carbocycles. The molecule has 0 aliphatic carbocycles.